The Morgan fingerprint density at radius 1 is 0.404 bits per heavy atom. The van der Waals surface area contributed by atoms with Crippen LogP contribution in [0.3, 0.4) is 0 Å². The van der Waals surface area contributed by atoms with E-state index >= 15 is 0 Å². The van der Waals surface area contributed by atoms with E-state index in [-0.39, 0.29) is 0 Å². The molecule has 2 nitrogen and oxygen atoms in total. The van der Waals surface area contributed by atoms with Crippen molar-refractivity contribution in [3.8, 4) is 9.75 Å². The number of anilines is 6. The number of benzene rings is 4. The molecule has 0 N–H and O–H groups in total. The standard InChI is InChI=1S/C48H52N2S2/c1-3-35-15-23-41(24-16-35)49(43-27-19-39(20-28-43)37-11-7-5-8-12-37)47-33-31-45(51-47)46-32-34-48(52-46)50(42-25-17-36(4-2)18-26-42)44-29-21-40(22-30-44)38-13-9-6-10-14-38/h15-34,37-38H,3-14H2,1-2H3. The van der Waals surface area contributed by atoms with Crippen LogP contribution in [0.25, 0.3) is 9.75 Å². The van der Waals surface area contributed by atoms with Gasteiger partial charge in [-0.05, 0) is 145 Å². The van der Waals surface area contributed by atoms with Gasteiger partial charge in [0.05, 0.1) is 0 Å². The Morgan fingerprint density at radius 2 is 0.731 bits per heavy atom. The van der Waals surface area contributed by atoms with Crippen molar-refractivity contribution < 1.29 is 0 Å². The molecule has 2 fully saturated rings. The van der Waals surface area contributed by atoms with Crippen LogP contribution >= 0.6 is 22.7 Å². The molecule has 2 heterocycles. The van der Waals surface area contributed by atoms with Crippen LogP contribution in [0.2, 0.25) is 0 Å². The summed E-state index contributed by atoms with van der Waals surface area (Å²) in [6.45, 7) is 4.46. The summed E-state index contributed by atoms with van der Waals surface area (Å²) in [6, 6.07) is 46.5. The normalized spacial score (nSPS) is 15.5. The molecule has 0 unspecified atom stereocenters. The van der Waals surface area contributed by atoms with E-state index < -0.39 is 0 Å². The zero-order chi connectivity index (χ0) is 35.3. The summed E-state index contributed by atoms with van der Waals surface area (Å²) in [6.07, 6.45) is 15.6. The molecule has 4 heteroatoms. The summed E-state index contributed by atoms with van der Waals surface area (Å²) in [4.78, 5) is 7.49. The molecule has 0 bridgehead atoms. The predicted octanol–water partition coefficient (Wildman–Crippen LogP) is 15.6. The Bertz CT molecular complexity index is 1860. The maximum atomic E-state index is 2.45. The summed E-state index contributed by atoms with van der Waals surface area (Å²) >= 11 is 3.77. The number of hydrogen-bond acceptors (Lipinski definition) is 4. The maximum absolute atomic E-state index is 2.45. The molecule has 0 saturated heterocycles. The van der Waals surface area contributed by atoms with Gasteiger partial charge in [-0.1, -0.05) is 101 Å². The first-order valence-corrected chi connectivity index (χ1v) is 21.5. The first-order chi connectivity index (χ1) is 25.7. The summed E-state index contributed by atoms with van der Waals surface area (Å²) in [5, 5.41) is 2.48. The molecule has 0 radical (unpaired) electrons. The molecule has 2 saturated carbocycles. The average molecular weight is 721 g/mol. The van der Waals surface area contributed by atoms with Crippen LogP contribution in [-0.2, 0) is 12.8 Å². The number of hydrogen-bond donors (Lipinski definition) is 0. The Labute approximate surface area is 319 Å². The molecule has 0 atom stereocenters. The van der Waals surface area contributed by atoms with E-state index in [1.54, 1.807) is 0 Å². The lowest BCUT2D eigenvalue weighted by molar-refractivity contribution is 0.443. The van der Waals surface area contributed by atoms with Gasteiger partial charge in [0, 0.05) is 32.5 Å². The van der Waals surface area contributed by atoms with Crippen LogP contribution in [0.1, 0.15) is 112 Å². The Hall–Kier alpha value is -4.12. The fourth-order valence-corrected chi connectivity index (χ4v) is 10.6. The van der Waals surface area contributed by atoms with Crippen molar-refractivity contribution >= 4 is 55.4 Å². The lowest BCUT2D eigenvalue weighted by atomic mass is 9.84. The second-order valence-electron chi connectivity index (χ2n) is 14.8. The van der Waals surface area contributed by atoms with Gasteiger partial charge in [0.15, 0.2) is 0 Å². The predicted molar refractivity (Wildman–Crippen MR) is 227 cm³/mol. The summed E-state index contributed by atoms with van der Waals surface area (Å²) in [5.41, 5.74) is 10.6. The van der Waals surface area contributed by atoms with Gasteiger partial charge in [-0.3, -0.25) is 0 Å². The molecule has 2 aromatic heterocycles. The lowest BCUT2D eigenvalue weighted by Crippen LogP contribution is -2.09. The van der Waals surface area contributed by atoms with Gasteiger partial charge in [-0.25, -0.2) is 0 Å². The van der Waals surface area contributed by atoms with E-state index in [4.69, 9.17) is 0 Å². The van der Waals surface area contributed by atoms with E-state index in [0.29, 0.717) is 11.8 Å². The third-order valence-electron chi connectivity index (χ3n) is 11.5. The molecule has 2 aliphatic rings. The van der Waals surface area contributed by atoms with E-state index in [0.717, 1.165) is 12.8 Å². The van der Waals surface area contributed by atoms with Crippen molar-refractivity contribution in [2.45, 2.75) is 103 Å². The Balaban J connectivity index is 1.11. The van der Waals surface area contributed by atoms with Crippen molar-refractivity contribution in [3.63, 3.8) is 0 Å². The van der Waals surface area contributed by atoms with Crippen LogP contribution in [0.4, 0.5) is 32.8 Å². The van der Waals surface area contributed by atoms with E-state index in [1.165, 1.54) is 129 Å². The topological polar surface area (TPSA) is 6.48 Å². The minimum atomic E-state index is 0.709. The zero-order valence-electron chi connectivity index (χ0n) is 30.9. The van der Waals surface area contributed by atoms with Gasteiger partial charge in [-0.15, -0.1) is 22.7 Å². The highest BCUT2D eigenvalue weighted by atomic mass is 32.1. The molecule has 52 heavy (non-hydrogen) atoms. The van der Waals surface area contributed by atoms with Gasteiger partial charge in [0.25, 0.3) is 0 Å². The van der Waals surface area contributed by atoms with Gasteiger partial charge >= 0.3 is 0 Å². The van der Waals surface area contributed by atoms with Crippen LogP contribution in [0.5, 0.6) is 0 Å². The van der Waals surface area contributed by atoms with E-state index in [9.17, 15) is 0 Å². The Morgan fingerprint density at radius 3 is 1.06 bits per heavy atom. The lowest BCUT2D eigenvalue weighted by Gasteiger charge is -2.26. The smallest absolute Gasteiger partial charge is 0.101 e. The summed E-state index contributed by atoms with van der Waals surface area (Å²) in [7, 11) is 0. The zero-order valence-corrected chi connectivity index (χ0v) is 32.5. The fourth-order valence-electron chi connectivity index (χ4n) is 8.39. The van der Waals surface area contributed by atoms with Gasteiger partial charge in [-0.2, -0.15) is 0 Å². The highest BCUT2D eigenvalue weighted by Gasteiger charge is 2.21. The van der Waals surface area contributed by atoms with Crippen molar-refractivity contribution in [2.75, 3.05) is 9.80 Å². The molecule has 8 rings (SSSR count). The van der Waals surface area contributed by atoms with Crippen molar-refractivity contribution in [2.24, 2.45) is 0 Å². The summed E-state index contributed by atoms with van der Waals surface area (Å²) in [5.74, 6) is 1.42. The molecule has 266 valence electrons. The number of aryl methyl sites for hydroxylation is 2. The average Bonchev–Trinajstić information content (AvgIpc) is 3.91. The maximum Gasteiger partial charge on any atom is 0.101 e. The SMILES string of the molecule is CCc1ccc(N(c2ccc(C3CCCCC3)cc2)c2ccc(-c3ccc(N(c4ccc(CC)cc4)c4ccc(C5CCCCC5)cc4)s3)s2)cc1. The highest BCUT2D eigenvalue weighted by Crippen LogP contribution is 2.47. The molecule has 2 aliphatic carbocycles. The van der Waals surface area contributed by atoms with E-state index in [2.05, 4.69) is 145 Å². The number of rotatable bonds is 11. The van der Waals surface area contributed by atoms with Gasteiger partial charge < -0.3 is 9.80 Å². The molecule has 0 spiro atoms. The summed E-state index contributed by atoms with van der Waals surface area (Å²) < 4.78 is 0. The molecule has 0 amide bonds. The third-order valence-corrected chi connectivity index (χ3v) is 13.9. The van der Waals surface area contributed by atoms with Crippen molar-refractivity contribution in [1.29, 1.82) is 0 Å². The minimum absolute atomic E-state index is 0.709. The van der Waals surface area contributed by atoms with Crippen LogP contribution in [0, 0.1) is 0 Å². The largest absolute Gasteiger partial charge is 0.302 e. The monoisotopic (exact) mass is 720 g/mol. The second-order valence-corrected chi connectivity index (χ2v) is 17.0. The van der Waals surface area contributed by atoms with Gasteiger partial charge in [0.2, 0.25) is 0 Å². The molecular weight excluding hydrogens is 669 g/mol. The fraction of sp³-hybridized carbons (Fsp3) is 0.333. The molecule has 4 aromatic carbocycles. The van der Waals surface area contributed by atoms with Crippen molar-refractivity contribution in [3.05, 3.63) is 144 Å². The quantitative estimate of drug-likeness (QED) is 0.131. The number of nitrogens with zero attached hydrogens (tertiary/aromatic N) is 2. The first kappa shape index (κ1) is 34.9. The van der Waals surface area contributed by atoms with E-state index in [1.807, 2.05) is 22.7 Å². The van der Waals surface area contributed by atoms with Crippen LogP contribution in [0.15, 0.2) is 121 Å². The minimum Gasteiger partial charge on any atom is -0.302 e. The molecule has 0 aliphatic heterocycles. The van der Waals surface area contributed by atoms with Crippen LogP contribution in [-0.4, -0.2) is 0 Å². The second kappa shape index (κ2) is 16.3. The molecule has 6 aromatic rings. The van der Waals surface area contributed by atoms with Gasteiger partial charge in [0.1, 0.15) is 10.0 Å². The Kier molecular flexibility index (Phi) is 10.9. The molecular formula is C48H52N2S2. The first-order valence-electron chi connectivity index (χ1n) is 19.8. The van der Waals surface area contributed by atoms with Crippen molar-refractivity contribution in [1.82, 2.24) is 0 Å². The number of thiophene rings is 2. The van der Waals surface area contributed by atoms with Crippen LogP contribution < -0.4 is 9.80 Å². The highest BCUT2D eigenvalue weighted by molar-refractivity contribution is 7.26. The third kappa shape index (κ3) is 7.65.